The molecule has 1 atom stereocenters. The van der Waals surface area contributed by atoms with Crippen molar-refractivity contribution in [1.29, 1.82) is 0 Å². The standard InChI is InChI=1S/C24H18ClN3O/c25-19-10-6-9-18(15-19)24(17-7-2-1-3-8-17)28-23(29)14-13-20-16-26-21-11-4-5-12-22(21)27-20/h1-16,24H,(H,28,29). The Labute approximate surface area is 173 Å². The van der Waals surface area contributed by atoms with Crippen molar-refractivity contribution in [3.05, 3.63) is 113 Å². The number of aromatic nitrogens is 2. The molecule has 29 heavy (non-hydrogen) atoms. The number of nitrogens with zero attached hydrogens (tertiary/aromatic N) is 2. The van der Waals surface area contributed by atoms with Gasteiger partial charge in [-0.05, 0) is 41.5 Å². The largest absolute Gasteiger partial charge is 0.342 e. The van der Waals surface area contributed by atoms with Crippen molar-refractivity contribution in [2.75, 3.05) is 0 Å². The normalized spacial score (nSPS) is 12.2. The number of nitrogens with one attached hydrogen (secondary N) is 1. The molecule has 1 amide bonds. The average Bonchev–Trinajstić information content (AvgIpc) is 2.76. The lowest BCUT2D eigenvalue weighted by atomic mass is 9.98. The SMILES string of the molecule is O=C(C=Cc1cnc2ccccc2n1)NC(c1ccccc1)c1cccc(Cl)c1. The van der Waals surface area contributed by atoms with Gasteiger partial charge in [0.05, 0.1) is 29.0 Å². The van der Waals surface area contributed by atoms with Crippen LogP contribution < -0.4 is 5.32 Å². The lowest BCUT2D eigenvalue weighted by molar-refractivity contribution is -0.116. The number of rotatable bonds is 5. The molecule has 5 heteroatoms. The molecule has 0 aliphatic heterocycles. The van der Waals surface area contributed by atoms with Gasteiger partial charge in [-0.1, -0.05) is 66.2 Å². The Morgan fingerprint density at radius 2 is 1.62 bits per heavy atom. The van der Waals surface area contributed by atoms with E-state index in [2.05, 4.69) is 15.3 Å². The first-order valence-electron chi connectivity index (χ1n) is 9.20. The summed E-state index contributed by atoms with van der Waals surface area (Å²) in [6.07, 6.45) is 4.78. The van der Waals surface area contributed by atoms with Gasteiger partial charge in [-0.25, -0.2) is 4.98 Å². The second kappa shape index (κ2) is 8.67. The maximum absolute atomic E-state index is 12.6. The monoisotopic (exact) mass is 399 g/mol. The van der Waals surface area contributed by atoms with E-state index in [1.165, 1.54) is 6.08 Å². The molecule has 0 radical (unpaired) electrons. The fourth-order valence-corrected chi connectivity index (χ4v) is 3.29. The fourth-order valence-electron chi connectivity index (χ4n) is 3.09. The van der Waals surface area contributed by atoms with Gasteiger partial charge in [0, 0.05) is 11.1 Å². The summed E-state index contributed by atoms with van der Waals surface area (Å²) in [5.74, 6) is -0.228. The molecule has 1 heterocycles. The van der Waals surface area contributed by atoms with Crippen LogP contribution in [-0.4, -0.2) is 15.9 Å². The molecule has 0 saturated heterocycles. The van der Waals surface area contributed by atoms with Gasteiger partial charge in [-0.15, -0.1) is 0 Å². The van der Waals surface area contributed by atoms with Crippen LogP contribution in [-0.2, 0) is 4.79 Å². The lowest BCUT2D eigenvalue weighted by Crippen LogP contribution is -2.27. The van der Waals surface area contributed by atoms with Crippen LogP contribution in [0, 0.1) is 0 Å². The molecule has 4 nitrogen and oxygen atoms in total. The smallest absolute Gasteiger partial charge is 0.244 e. The minimum Gasteiger partial charge on any atom is -0.342 e. The van der Waals surface area contributed by atoms with Gasteiger partial charge in [0.15, 0.2) is 0 Å². The zero-order valence-electron chi connectivity index (χ0n) is 15.5. The third kappa shape index (κ3) is 4.68. The van der Waals surface area contributed by atoms with Crippen LogP contribution in [0.4, 0.5) is 0 Å². The molecule has 0 saturated carbocycles. The summed E-state index contributed by atoms with van der Waals surface area (Å²) in [6, 6.07) is 24.6. The maximum Gasteiger partial charge on any atom is 0.244 e. The number of benzene rings is 3. The number of para-hydroxylation sites is 2. The summed E-state index contributed by atoms with van der Waals surface area (Å²) in [5, 5.41) is 3.68. The van der Waals surface area contributed by atoms with Crippen molar-refractivity contribution in [2.45, 2.75) is 6.04 Å². The van der Waals surface area contributed by atoms with E-state index in [9.17, 15) is 4.79 Å². The van der Waals surface area contributed by atoms with Crippen LogP contribution in [0.25, 0.3) is 17.1 Å². The van der Waals surface area contributed by atoms with E-state index >= 15 is 0 Å². The van der Waals surface area contributed by atoms with E-state index in [1.54, 1.807) is 12.3 Å². The molecule has 1 N–H and O–H groups in total. The molecule has 1 unspecified atom stereocenters. The minimum absolute atomic E-state index is 0.228. The minimum atomic E-state index is -0.310. The van der Waals surface area contributed by atoms with E-state index in [1.807, 2.05) is 78.9 Å². The molecule has 0 spiro atoms. The predicted molar refractivity (Wildman–Crippen MR) is 116 cm³/mol. The summed E-state index contributed by atoms with van der Waals surface area (Å²) in [4.78, 5) is 21.5. The Morgan fingerprint density at radius 3 is 2.41 bits per heavy atom. The Morgan fingerprint density at radius 1 is 0.897 bits per heavy atom. The van der Waals surface area contributed by atoms with Crippen LogP contribution in [0.1, 0.15) is 22.9 Å². The van der Waals surface area contributed by atoms with E-state index in [4.69, 9.17) is 11.6 Å². The van der Waals surface area contributed by atoms with Crippen molar-refractivity contribution in [1.82, 2.24) is 15.3 Å². The summed E-state index contributed by atoms with van der Waals surface area (Å²) < 4.78 is 0. The molecule has 0 fully saturated rings. The van der Waals surface area contributed by atoms with Crippen molar-refractivity contribution < 1.29 is 4.79 Å². The zero-order chi connectivity index (χ0) is 20.1. The molecule has 3 aromatic carbocycles. The van der Waals surface area contributed by atoms with Crippen molar-refractivity contribution in [3.8, 4) is 0 Å². The third-order valence-corrected chi connectivity index (χ3v) is 4.71. The number of amides is 1. The van der Waals surface area contributed by atoms with Crippen LogP contribution in [0.2, 0.25) is 5.02 Å². The van der Waals surface area contributed by atoms with Crippen LogP contribution in [0.5, 0.6) is 0 Å². The quantitative estimate of drug-likeness (QED) is 0.469. The Balaban J connectivity index is 1.56. The zero-order valence-corrected chi connectivity index (χ0v) is 16.3. The molecule has 0 aliphatic rings. The number of hydrogen-bond donors (Lipinski definition) is 1. The second-order valence-electron chi connectivity index (χ2n) is 6.52. The van der Waals surface area contributed by atoms with Crippen molar-refractivity contribution in [3.63, 3.8) is 0 Å². The molecule has 4 rings (SSSR count). The van der Waals surface area contributed by atoms with Gasteiger partial charge >= 0.3 is 0 Å². The van der Waals surface area contributed by atoms with E-state index in [-0.39, 0.29) is 11.9 Å². The molecule has 1 aromatic heterocycles. The predicted octanol–water partition coefficient (Wildman–Crippen LogP) is 5.20. The van der Waals surface area contributed by atoms with Crippen LogP contribution in [0.15, 0.2) is 91.1 Å². The van der Waals surface area contributed by atoms with Gasteiger partial charge < -0.3 is 5.32 Å². The van der Waals surface area contributed by atoms with Crippen molar-refractivity contribution >= 4 is 34.6 Å². The summed E-state index contributed by atoms with van der Waals surface area (Å²) in [5.41, 5.74) is 4.12. The van der Waals surface area contributed by atoms with Crippen LogP contribution in [0.3, 0.4) is 0 Å². The van der Waals surface area contributed by atoms with Crippen molar-refractivity contribution in [2.24, 2.45) is 0 Å². The highest BCUT2D eigenvalue weighted by Crippen LogP contribution is 2.24. The van der Waals surface area contributed by atoms with E-state index < -0.39 is 0 Å². The molecule has 142 valence electrons. The molecule has 0 aliphatic carbocycles. The summed E-state index contributed by atoms with van der Waals surface area (Å²) in [6.45, 7) is 0. The highest BCUT2D eigenvalue weighted by atomic mass is 35.5. The van der Waals surface area contributed by atoms with E-state index in [0.717, 1.165) is 22.2 Å². The number of carbonyl (C=O) groups excluding carboxylic acids is 1. The highest BCUT2D eigenvalue weighted by molar-refractivity contribution is 6.30. The first-order valence-corrected chi connectivity index (χ1v) is 9.57. The van der Waals surface area contributed by atoms with Gasteiger partial charge in [0.2, 0.25) is 5.91 Å². The lowest BCUT2D eigenvalue weighted by Gasteiger charge is -2.19. The Bertz CT molecular complexity index is 1170. The van der Waals surface area contributed by atoms with Gasteiger partial charge in [-0.3, -0.25) is 9.78 Å². The van der Waals surface area contributed by atoms with Gasteiger partial charge in [-0.2, -0.15) is 0 Å². The number of halogens is 1. The van der Waals surface area contributed by atoms with Crippen LogP contribution >= 0.6 is 11.6 Å². The Kier molecular flexibility index (Phi) is 5.63. The molecular formula is C24H18ClN3O. The average molecular weight is 400 g/mol. The maximum atomic E-state index is 12.6. The van der Waals surface area contributed by atoms with Gasteiger partial charge in [0.25, 0.3) is 0 Å². The first kappa shape index (κ1) is 18.8. The highest BCUT2D eigenvalue weighted by Gasteiger charge is 2.16. The summed E-state index contributed by atoms with van der Waals surface area (Å²) in [7, 11) is 0. The van der Waals surface area contributed by atoms with E-state index in [0.29, 0.717) is 10.7 Å². The summed E-state index contributed by atoms with van der Waals surface area (Å²) >= 11 is 6.16. The third-order valence-electron chi connectivity index (χ3n) is 4.47. The fraction of sp³-hybridized carbons (Fsp3) is 0.0417. The Hall–Kier alpha value is -3.50. The van der Waals surface area contributed by atoms with Gasteiger partial charge in [0.1, 0.15) is 0 Å². The number of hydrogen-bond acceptors (Lipinski definition) is 3. The molecule has 0 bridgehead atoms. The number of fused-ring (bicyclic) bond motifs is 1. The topological polar surface area (TPSA) is 54.9 Å². The first-order chi connectivity index (χ1) is 14.2. The molecular weight excluding hydrogens is 382 g/mol. The second-order valence-corrected chi connectivity index (χ2v) is 6.96. The number of carbonyl (C=O) groups is 1. The molecule has 4 aromatic rings.